The fourth-order valence-corrected chi connectivity index (χ4v) is 5.30. The number of amides is 4. The lowest BCUT2D eigenvalue weighted by atomic mass is 10.0. The summed E-state index contributed by atoms with van der Waals surface area (Å²) in [6.07, 6.45) is 6.62. The zero-order valence-corrected chi connectivity index (χ0v) is 21.5. The minimum Gasteiger partial charge on any atom is -0.493 e. The van der Waals surface area contributed by atoms with Gasteiger partial charge in [-0.05, 0) is 48.6 Å². The highest BCUT2D eigenvalue weighted by Crippen LogP contribution is 2.28. The maximum Gasteiger partial charge on any atom is 0.255 e. The summed E-state index contributed by atoms with van der Waals surface area (Å²) in [6.45, 7) is 5.55. The molecule has 0 bridgehead atoms. The molecule has 1 aromatic carbocycles. The number of morpholine rings is 1. The van der Waals surface area contributed by atoms with E-state index in [1.54, 1.807) is 6.07 Å². The Kier molecular flexibility index (Phi) is 8.19. The molecule has 4 aliphatic rings. The van der Waals surface area contributed by atoms with Crippen molar-refractivity contribution in [3.8, 4) is 0 Å². The van der Waals surface area contributed by atoms with Gasteiger partial charge in [0.15, 0.2) is 0 Å². The number of imide groups is 1. The van der Waals surface area contributed by atoms with Gasteiger partial charge in [0.2, 0.25) is 17.7 Å². The third kappa shape index (κ3) is 6.31. The van der Waals surface area contributed by atoms with Gasteiger partial charge in [0, 0.05) is 51.1 Å². The van der Waals surface area contributed by atoms with Crippen LogP contribution in [0.1, 0.15) is 53.6 Å². The van der Waals surface area contributed by atoms with Gasteiger partial charge in [0.25, 0.3) is 5.91 Å². The van der Waals surface area contributed by atoms with Crippen LogP contribution in [-0.4, -0.2) is 78.9 Å². The Morgan fingerprint density at radius 1 is 1.16 bits per heavy atom. The maximum absolute atomic E-state index is 12.9. The standard InChI is InChI=1S/C28H34N4O6/c33-25-7-6-24(27(35)30-25)32-18-21-14-20(4-5-23(21)28(32)36)17-29-26(34)16-19-2-1-3-22(15-19)38-13-10-31-8-11-37-12-9-31/h3-5,14-15,24H,1-2,6-13,16-18H2,(H,29,34)(H,30,33,35). The van der Waals surface area contributed by atoms with Gasteiger partial charge in [-0.3, -0.25) is 29.4 Å². The van der Waals surface area contributed by atoms with E-state index in [4.69, 9.17) is 9.47 Å². The van der Waals surface area contributed by atoms with Crippen LogP contribution in [0.2, 0.25) is 0 Å². The maximum atomic E-state index is 12.9. The van der Waals surface area contributed by atoms with Crippen LogP contribution in [0, 0.1) is 0 Å². The second kappa shape index (κ2) is 11.9. The molecule has 0 aromatic heterocycles. The number of nitrogens with zero attached hydrogens (tertiary/aromatic N) is 2. The normalized spacial score (nSPS) is 21.9. The first-order valence-electron chi connectivity index (χ1n) is 13.3. The molecule has 4 amide bonds. The zero-order valence-electron chi connectivity index (χ0n) is 21.5. The number of benzene rings is 1. The Labute approximate surface area is 222 Å². The number of rotatable bonds is 9. The molecule has 2 N–H and O–H groups in total. The SMILES string of the molecule is O=C(CC1=CC(OCCN2CCOCC2)=CCC1)NCc1ccc2c(c1)CN(C1CCC(=O)NC1=O)C2=O. The quantitative estimate of drug-likeness (QED) is 0.471. The molecule has 2 saturated heterocycles. The van der Waals surface area contributed by atoms with E-state index in [0.29, 0.717) is 38.1 Å². The summed E-state index contributed by atoms with van der Waals surface area (Å²) in [5, 5.41) is 5.29. The van der Waals surface area contributed by atoms with Crippen molar-refractivity contribution in [2.24, 2.45) is 0 Å². The van der Waals surface area contributed by atoms with Crippen molar-refractivity contribution in [3.63, 3.8) is 0 Å². The van der Waals surface area contributed by atoms with Crippen LogP contribution in [0.25, 0.3) is 0 Å². The number of piperidine rings is 1. The Bertz CT molecular complexity index is 1170. The third-order valence-corrected chi connectivity index (χ3v) is 7.40. The first kappa shape index (κ1) is 26.1. The van der Waals surface area contributed by atoms with Crippen molar-refractivity contribution in [2.75, 3.05) is 39.5 Å². The van der Waals surface area contributed by atoms with Gasteiger partial charge < -0.3 is 19.7 Å². The van der Waals surface area contributed by atoms with E-state index in [0.717, 1.165) is 68.1 Å². The zero-order chi connectivity index (χ0) is 26.5. The predicted octanol–water partition coefficient (Wildman–Crippen LogP) is 1.41. The fraction of sp³-hybridized carbons (Fsp3) is 0.500. The summed E-state index contributed by atoms with van der Waals surface area (Å²) < 4.78 is 11.3. The molecule has 10 nitrogen and oxygen atoms in total. The molecule has 0 saturated carbocycles. The van der Waals surface area contributed by atoms with Gasteiger partial charge in [-0.2, -0.15) is 0 Å². The lowest BCUT2D eigenvalue weighted by molar-refractivity contribution is -0.137. The first-order chi connectivity index (χ1) is 18.5. The van der Waals surface area contributed by atoms with Crippen LogP contribution >= 0.6 is 0 Å². The van der Waals surface area contributed by atoms with E-state index in [1.807, 2.05) is 18.2 Å². The monoisotopic (exact) mass is 522 g/mol. The van der Waals surface area contributed by atoms with Crippen molar-refractivity contribution in [3.05, 3.63) is 58.4 Å². The highest BCUT2D eigenvalue weighted by atomic mass is 16.5. The second-order valence-electron chi connectivity index (χ2n) is 10.1. The van der Waals surface area contributed by atoms with Crippen molar-refractivity contribution < 1.29 is 28.7 Å². The van der Waals surface area contributed by atoms with Crippen LogP contribution < -0.4 is 10.6 Å². The van der Waals surface area contributed by atoms with Gasteiger partial charge in [-0.1, -0.05) is 17.7 Å². The molecule has 0 radical (unpaired) electrons. The van der Waals surface area contributed by atoms with Crippen LogP contribution in [0.4, 0.5) is 0 Å². The lowest BCUT2D eigenvalue weighted by Gasteiger charge is -2.29. The number of hydrogen-bond donors (Lipinski definition) is 2. The summed E-state index contributed by atoms with van der Waals surface area (Å²) in [4.78, 5) is 53.1. The molecule has 3 aliphatic heterocycles. The molecule has 202 valence electrons. The summed E-state index contributed by atoms with van der Waals surface area (Å²) in [5.74, 6) is -0.164. The first-order valence-corrected chi connectivity index (χ1v) is 13.3. The molecule has 1 aromatic rings. The molecule has 2 fully saturated rings. The van der Waals surface area contributed by atoms with Crippen molar-refractivity contribution in [2.45, 2.75) is 51.2 Å². The highest BCUT2D eigenvalue weighted by Gasteiger charge is 2.39. The number of nitrogens with one attached hydrogen (secondary N) is 2. The van der Waals surface area contributed by atoms with Crippen molar-refractivity contribution in [1.29, 1.82) is 0 Å². The van der Waals surface area contributed by atoms with Crippen molar-refractivity contribution in [1.82, 2.24) is 20.4 Å². The highest BCUT2D eigenvalue weighted by molar-refractivity contribution is 6.05. The number of carbonyl (C=O) groups is 4. The van der Waals surface area contributed by atoms with Gasteiger partial charge in [-0.15, -0.1) is 0 Å². The number of ether oxygens (including phenoxy) is 2. The van der Waals surface area contributed by atoms with E-state index in [9.17, 15) is 19.2 Å². The molecule has 10 heteroatoms. The smallest absolute Gasteiger partial charge is 0.255 e. The molecule has 38 heavy (non-hydrogen) atoms. The second-order valence-corrected chi connectivity index (χ2v) is 10.1. The number of carbonyl (C=O) groups excluding carboxylic acids is 4. The molecule has 1 unspecified atom stereocenters. The summed E-state index contributed by atoms with van der Waals surface area (Å²) in [7, 11) is 0. The molecule has 5 rings (SSSR count). The molecule has 1 aliphatic carbocycles. The fourth-order valence-electron chi connectivity index (χ4n) is 5.30. The molecule has 0 spiro atoms. The number of fused-ring (bicyclic) bond motifs is 1. The third-order valence-electron chi connectivity index (χ3n) is 7.40. The summed E-state index contributed by atoms with van der Waals surface area (Å²) in [6, 6.07) is 4.85. The van der Waals surface area contributed by atoms with E-state index in [-0.39, 0.29) is 24.1 Å². The van der Waals surface area contributed by atoms with E-state index >= 15 is 0 Å². The minimum atomic E-state index is -0.637. The summed E-state index contributed by atoms with van der Waals surface area (Å²) in [5.41, 5.74) is 3.32. The topological polar surface area (TPSA) is 117 Å². The van der Waals surface area contributed by atoms with Crippen LogP contribution in [-0.2, 0) is 36.9 Å². The van der Waals surface area contributed by atoms with Crippen molar-refractivity contribution >= 4 is 23.6 Å². The average Bonchev–Trinajstić information content (AvgIpc) is 3.23. The minimum absolute atomic E-state index is 0.0624. The van der Waals surface area contributed by atoms with Gasteiger partial charge in [0.05, 0.1) is 13.2 Å². The van der Waals surface area contributed by atoms with E-state index < -0.39 is 11.9 Å². The average molecular weight is 523 g/mol. The Morgan fingerprint density at radius 3 is 2.82 bits per heavy atom. The number of allylic oxidation sites excluding steroid dienone is 2. The predicted molar refractivity (Wildman–Crippen MR) is 138 cm³/mol. The van der Waals surface area contributed by atoms with Crippen LogP contribution in [0.15, 0.2) is 41.7 Å². The molecular formula is C28H34N4O6. The molecular weight excluding hydrogens is 488 g/mol. The molecule has 3 heterocycles. The molecule has 1 atom stereocenters. The largest absolute Gasteiger partial charge is 0.493 e. The van der Waals surface area contributed by atoms with Crippen LogP contribution in [0.5, 0.6) is 0 Å². The van der Waals surface area contributed by atoms with Gasteiger partial charge >= 0.3 is 0 Å². The Hall–Kier alpha value is -3.50. The lowest BCUT2D eigenvalue weighted by Crippen LogP contribution is -2.52. The Morgan fingerprint density at radius 2 is 2.00 bits per heavy atom. The van der Waals surface area contributed by atoms with E-state index in [1.165, 1.54) is 4.90 Å². The van der Waals surface area contributed by atoms with Gasteiger partial charge in [-0.25, -0.2) is 0 Å². The van der Waals surface area contributed by atoms with E-state index in [2.05, 4.69) is 21.6 Å². The summed E-state index contributed by atoms with van der Waals surface area (Å²) >= 11 is 0. The van der Waals surface area contributed by atoms with Crippen LogP contribution in [0.3, 0.4) is 0 Å². The van der Waals surface area contributed by atoms with Gasteiger partial charge in [0.1, 0.15) is 18.4 Å². The number of hydrogen-bond acceptors (Lipinski definition) is 7. The Balaban J connectivity index is 1.09.